The first-order chi connectivity index (χ1) is 13.8. The van der Waals surface area contributed by atoms with E-state index < -0.39 is 0 Å². The summed E-state index contributed by atoms with van der Waals surface area (Å²) in [4.78, 5) is 4.18. The van der Waals surface area contributed by atoms with Gasteiger partial charge < -0.3 is 4.74 Å². The first-order valence-electron chi connectivity index (χ1n) is 9.97. The average Bonchev–Trinajstić information content (AvgIpc) is 3.23. The van der Waals surface area contributed by atoms with Crippen LogP contribution in [0.15, 0.2) is 54.6 Å². The second-order valence-corrected chi connectivity index (χ2v) is 6.85. The zero-order valence-electron chi connectivity index (χ0n) is 16.8. The minimum absolute atomic E-state index is 0.692. The van der Waals surface area contributed by atoms with E-state index in [9.17, 15) is 0 Å². The maximum Gasteiger partial charge on any atom is 0.204 e. The van der Waals surface area contributed by atoms with Gasteiger partial charge in [0.25, 0.3) is 0 Å². The van der Waals surface area contributed by atoms with Gasteiger partial charge in [-0.3, -0.25) is 4.90 Å². The number of ether oxygens (including phenoxy) is 1. The second kappa shape index (κ2) is 10.6. The molecule has 0 N–H and O–H groups in total. The smallest absolute Gasteiger partial charge is 0.204 e. The Hall–Kier alpha value is -2.73. The van der Waals surface area contributed by atoms with E-state index in [0.29, 0.717) is 5.82 Å². The van der Waals surface area contributed by atoms with Gasteiger partial charge >= 0.3 is 0 Å². The SMILES string of the molecule is CCN(CCCCCn1nnc(-c2ccccc2)n1)Cc1ccc(OC)cc1. The number of methoxy groups -OCH3 is 1. The maximum absolute atomic E-state index is 5.23. The Morgan fingerprint density at radius 2 is 1.75 bits per heavy atom. The van der Waals surface area contributed by atoms with Gasteiger partial charge in [0, 0.05) is 12.1 Å². The van der Waals surface area contributed by atoms with Crippen LogP contribution in [-0.2, 0) is 13.1 Å². The average molecular weight is 380 g/mol. The molecule has 2 aromatic carbocycles. The van der Waals surface area contributed by atoms with Crippen molar-refractivity contribution >= 4 is 0 Å². The lowest BCUT2D eigenvalue weighted by molar-refractivity contribution is 0.271. The molecule has 0 fully saturated rings. The van der Waals surface area contributed by atoms with Crippen LogP contribution in [0.5, 0.6) is 5.75 Å². The highest BCUT2D eigenvalue weighted by molar-refractivity contribution is 5.52. The highest BCUT2D eigenvalue weighted by Crippen LogP contribution is 2.14. The van der Waals surface area contributed by atoms with E-state index in [-0.39, 0.29) is 0 Å². The van der Waals surface area contributed by atoms with Crippen molar-refractivity contribution in [2.45, 2.75) is 39.3 Å². The molecule has 0 bridgehead atoms. The predicted octanol–water partition coefficient (Wildman–Crippen LogP) is 4.04. The Balaban J connectivity index is 1.37. The zero-order chi connectivity index (χ0) is 19.6. The Kier molecular flexibility index (Phi) is 7.55. The van der Waals surface area contributed by atoms with Crippen molar-refractivity contribution < 1.29 is 4.74 Å². The molecule has 0 saturated carbocycles. The van der Waals surface area contributed by atoms with Crippen LogP contribution < -0.4 is 4.74 Å². The molecule has 3 aromatic rings. The molecule has 0 atom stereocenters. The van der Waals surface area contributed by atoms with Gasteiger partial charge in [0.2, 0.25) is 5.82 Å². The van der Waals surface area contributed by atoms with Gasteiger partial charge in [-0.25, -0.2) is 0 Å². The molecule has 0 aliphatic rings. The first kappa shape index (κ1) is 20.0. The molecule has 0 radical (unpaired) electrons. The van der Waals surface area contributed by atoms with Crippen LogP contribution in [0.25, 0.3) is 11.4 Å². The summed E-state index contributed by atoms with van der Waals surface area (Å²) in [7, 11) is 1.70. The lowest BCUT2D eigenvalue weighted by atomic mass is 10.2. The Morgan fingerprint density at radius 3 is 2.46 bits per heavy atom. The molecule has 1 aromatic heterocycles. The third-order valence-corrected chi connectivity index (χ3v) is 4.83. The normalized spacial score (nSPS) is 11.1. The summed E-state index contributed by atoms with van der Waals surface area (Å²) in [6.45, 7) is 6.16. The van der Waals surface area contributed by atoms with E-state index in [1.807, 2.05) is 42.5 Å². The summed E-state index contributed by atoms with van der Waals surface area (Å²) in [6.07, 6.45) is 3.39. The number of unbranched alkanes of at least 4 members (excludes halogenated alkanes) is 2. The molecule has 6 nitrogen and oxygen atoms in total. The van der Waals surface area contributed by atoms with E-state index in [4.69, 9.17) is 4.74 Å². The number of rotatable bonds is 11. The van der Waals surface area contributed by atoms with Crippen LogP contribution in [0.4, 0.5) is 0 Å². The van der Waals surface area contributed by atoms with E-state index in [2.05, 4.69) is 39.4 Å². The van der Waals surface area contributed by atoms with Crippen molar-refractivity contribution in [3.63, 3.8) is 0 Å². The van der Waals surface area contributed by atoms with Crippen molar-refractivity contribution in [2.24, 2.45) is 0 Å². The summed E-state index contributed by atoms with van der Waals surface area (Å²) in [5.41, 5.74) is 2.33. The first-order valence-corrected chi connectivity index (χ1v) is 9.97. The molecule has 3 rings (SSSR count). The van der Waals surface area contributed by atoms with Gasteiger partial charge in [0.1, 0.15) is 5.75 Å². The van der Waals surface area contributed by atoms with Crippen LogP contribution in [-0.4, -0.2) is 45.3 Å². The molecule has 0 aliphatic carbocycles. The molecule has 0 amide bonds. The van der Waals surface area contributed by atoms with E-state index in [1.54, 1.807) is 11.9 Å². The number of aromatic nitrogens is 4. The summed E-state index contributed by atoms with van der Waals surface area (Å²) in [6, 6.07) is 18.3. The van der Waals surface area contributed by atoms with E-state index >= 15 is 0 Å². The minimum Gasteiger partial charge on any atom is -0.497 e. The highest BCUT2D eigenvalue weighted by Gasteiger charge is 2.06. The fourth-order valence-corrected chi connectivity index (χ4v) is 3.14. The van der Waals surface area contributed by atoms with Gasteiger partial charge in [-0.15, -0.1) is 10.2 Å². The van der Waals surface area contributed by atoms with Crippen LogP contribution in [0.1, 0.15) is 31.7 Å². The Bertz CT molecular complexity index is 816. The molecule has 148 valence electrons. The molecule has 0 aliphatic heterocycles. The largest absolute Gasteiger partial charge is 0.497 e. The number of hydrogen-bond acceptors (Lipinski definition) is 5. The monoisotopic (exact) mass is 379 g/mol. The van der Waals surface area contributed by atoms with Crippen molar-refractivity contribution in [1.29, 1.82) is 0 Å². The van der Waals surface area contributed by atoms with Crippen molar-refractivity contribution in [3.8, 4) is 17.1 Å². The molecule has 0 saturated heterocycles. The Labute approximate surface area is 167 Å². The molecule has 0 spiro atoms. The lowest BCUT2D eigenvalue weighted by Gasteiger charge is -2.20. The third kappa shape index (κ3) is 5.89. The number of nitrogens with zero attached hydrogens (tertiary/aromatic N) is 5. The second-order valence-electron chi connectivity index (χ2n) is 6.85. The Morgan fingerprint density at radius 1 is 0.964 bits per heavy atom. The van der Waals surface area contributed by atoms with Gasteiger partial charge in [-0.2, -0.15) is 4.80 Å². The van der Waals surface area contributed by atoms with Crippen LogP contribution in [0, 0.1) is 0 Å². The summed E-state index contributed by atoms with van der Waals surface area (Å²) in [5, 5.41) is 12.8. The summed E-state index contributed by atoms with van der Waals surface area (Å²) < 4.78 is 5.23. The fourth-order valence-electron chi connectivity index (χ4n) is 3.14. The molecule has 6 heteroatoms. The molecule has 28 heavy (non-hydrogen) atoms. The zero-order valence-corrected chi connectivity index (χ0v) is 16.8. The van der Waals surface area contributed by atoms with Crippen LogP contribution >= 0.6 is 0 Å². The van der Waals surface area contributed by atoms with Crippen molar-refractivity contribution in [3.05, 3.63) is 60.2 Å². The molecule has 1 heterocycles. The predicted molar refractivity (Wildman–Crippen MR) is 111 cm³/mol. The van der Waals surface area contributed by atoms with Crippen LogP contribution in [0.2, 0.25) is 0 Å². The topological polar surface area (TPSA) is 56.1 Å². The number of benzene rings is 2. The minimum atomic E-state index is 0.692. The summed E-state index contributed by atoms with van der Waals surface area (Å²) in [5.74, 6) is 1.60. The van der Waals surface area contributed by atoms with E-state index in [0.717, 1.165) is 50.3 Å². The third-order valence-electron chi connectivity index (χ3n) is 4.83. The van der Waals surface area contributed by atoms with Gasteiger partial charge in [-0.1, -0.05) is 55.8 Å². The fraction of sp³-hybridized carbons (Fsp3) is 0.409. The standard InChI is InChI=1S/C22H29N5O/c1-3-26(18-19-12-14-21(28-2)15-13-19)16-8-5-9-17-27-24-22(23-25-27)20-10-6-4-7-11-20/h4,6-7,10-15H,3,5,8-9,16-18H2,1-2H3. The highest BCUT2D eigenvalue weighted by atomic mass is 16.5. The van der Waals surface area contributed by atoms with Gasteiger partial charge in [-0.05, 0) is 48.8 Å². The summed E-state index contributed by atoms with van der Waals surface area (Å²) >= 11 is 0. The lowest BCUT2D eigenvalue weighted by Crippen LogP contribution is -2.24. The van der Waals surface area contributed by atoms with Gasteiger partial charge in [0.05, 0.1) is 13.7 Å². The molecular weight excluding hydrogens is 350 g/mol. The molecule has 0 unspecified atom stereocenters. The van der Waals surface area contributed by atoms with Gasteiger partial charge in [0.15, 0.2) is 0 Å². The quantitative estimate of drug-likeness (QED) is 0.471. The number of aryl methyl sites for hydroxylation is 1. The van der Waals surface area contributed by atoms with Crippen molar-refractivity contribution in [2.75, 3.05) is 20.2 Å². The maximum atomic E-state index is 5.23. The number of tetrazole rings is 1. The molecular formula is C22H29N5O. The number of hydrogen-bond donors (Lipinski definition) is 0. The van der Waals surface area contributed by atoms with E-state index in [1.165, 1.54) is 12.0 Å². The van der Waals surface area contributed by atoms with Crippen molar-refractivity contribution in [1.82, 2.24) is 25.1 Å². The van der Waals surface area contributed by atoms with Crippen LogP contribution in [0.3, 0.4) is 0 Å².